The fraction of sp³-hybridized carbons (Fsp3) is 1.00. The summed E-state index contributed by atoms with van der Waals surface area (Å²) < 4.78 is 0. The van der Waals surface area contributed by atoms with Gasteiger partial charge in [0, 0.05) is 6.04 Å². The second kappa shape index (κ2) is 4.77. The van der Waals surface area contributed by atoms with Gasteiger partial charge in [-0.2, -0.15) is 0 Å². The minimum Gasteiger partial charge on any atom is -0.393 e. The molecule has 0 saturated heterocycles. The molecule has 56 valence electrons. The predicted octanol–water partition coefficient (Wildman–Crippen LogP) is 0.755. The van der Waals surface area contributed by atoms with Crippen molar-refractivity contribution in [1.82, 2.24) is 5.32 Å². The fourth-order valence-corrected chi connectivity index (χ4v) is 0.693. The van der Waals surface area contributed by atoms with Crippen LogP contribution in [0.1, 0.15) is 26.7 Å². The second-order valence-corrected chi connectivity index (χ2v) is 2.49. The molecule has 0 radical (unpaired) electrons. The molecule has 0 spiro atoms. The molecule has 0 aliphatic heterocycles. The van der Waals surface area contributed by atoms with Gasteiger partial charge in [-0.05, 0) is 26.8 Å². The average Bonchev–Trinajstić information content (AvgIpc) is 1.87. The maximum Gasteiger partial charge on any atom is 0.0552 e. The molecule has 0 aliphatic carbocycles. The second-order valence-electron chi connectivity index (χ2n) is 2.49. The first-order chi connectivity index (χ1) is 4.20. The van der Waals surface area contributed by atoms with E-state index in [-0.39, 0.29) is 6.10 Å². The summed E-state index contributed by atoms with van der Waals surface area (Å²) >= 11 is 0. The Hall–Kier alpha value is -0.0800. The van der Waals surface area contributed by atoms with Gasteiger partial charge in [0.25, 0.3) is 0 Å². The van der Waals surface area contributed by atoms with Crippen molar-refractivity contribution >= 4 is 0 Å². The molecule has 0 bridgehead atoms. The molecule has 0 saturated carbocycles. The molecule has 2 unspecified atom stereocenters. The molecule has 0 aromatic heterocycles. The van der Waals surface area contributed by atoms with E-state index in [9.17, 15) is 0 Å². The smallest absolute Gasteiger partial charge is 0.0552 e. The highest BCUT2D eigenvalue weighted by molar-refractivity contribution is 4.62. The van der Waals surface area contributed by atoms with E-state index in [2.05, 4.69) is 12.2 Å². The van der Waals surface area contributed by atoms with Crippen LogP contribution in [0.2, 0.25) is 0 Å². The molecule has 2 heteroatoms. The van der Waals surface area contributed by atoms with E-state index in [4.69, 9.17) is 5.11 Å². The number of aliphatic hydroxyl groups excluding tert-OH is 1. The van der Waals surface area contributed by atoms with E-state index in [1.165, 1.54) is 0 Å². The van der Waals surface area contributed by atoms with E-state index >= 15 is 0 Å². The fourth-order valence-electron chi connectivity index (χ4n) is 0.693. The molecule has 2 atom stereocenters. The molecule has 0 aromatic carbocycles. The lowest BCUT2D eigenvalue weighted by Gasteiger charge is -2.13. The zero-order chi connectivity index (χ0) is 7.28. The SMILES string of the molecule is CCC(O)CC(C)NC. The van der Waals surface area contributed by atoms with Crippen molar-refractivity contribution in [3.63, 3.8) is 0 Å². The molecule has 0 rings (SSSR count). The highest BCUT2D eigenvalue weighted by atomic mass is 16.3. The Bertz CT molecular complexity index is 57.9. The van der Waals surface area contributed by atoms with Crippen LogP contribution in [0, 0.1) is 0 Å². The van der Waals surface area contributed by atoms with Gasteiger partial charge in [-0.1, -0.05) is 6.92 Å². The standard InChI is InChI=1S/C7H17NO/c1-4-7(9)5-6(2)8-3/h6-9H,4-5H2,1-3H3. The topological polar surface area (TPSA) is 32.3 Å². The molecule has 0 fully saturated rings. The van der Waals surface area contributed by atoms with E-state index in [0.717, 1.165) is 12.8 Å². The summed E-state index contributed by atoms with van der Waals surface area (Å²) in [5.41, 5.74) is 0. The molecule has 0 aromatic rings. The molecule has 0 amide bonds. The summed E-state index contributed by atoms with van der Waals surface area (Å²) in [5, 5.41) is 12.2. The van der Waals surface area contributed by atoms with E-state index in [1.54, 1.807) is 0 Å². The number of rotatable bonds is 4. The van der Waals surface area contributed by atoms with E-state index in [0.29, 0.717) is 6.04 Å². The normalized spacial score (nSPS) is 17.3. The summed E-state index contributed by atoms with van der Waals surface area (Å²) in [6.07, 6.45) is 1.58. The van der Waals surface area contributed by atoms with Gasteiger partial charge in [-0.15, -0.1) is 0 Å². The first-order valence-corrected chi connectivity index (χ1v) is 3.56. The minimum atomic E-state index is -0.132. The molecule has 0 aliphatic rings. The molecule has 2 N–H and O–H groups in total. The van der Waals surface area contributed by atoms with Gasteiger partial charge in [-0.25, -0.2) is 0 Å². The Morgan fingerprint density at radius 3 is 2.44 bits per heavy atom. The van der Waals surface area contributed by atoms with Gasteiger partial charge in [0.2, 0.25) is 0 Å². The van der Waals surface area contributed by atoms with E-state index < -0.39 is 0 Å². The van der Waals surface area contributed by atoms with Crippen molar-refractivity contribution in [2.45, 2.75) is 38.8 Å². The number of nitrogens with one attached hydrogen (secondary N) is 1. The number of hydrogen-bond acceptors (Lipinski definition) is 2. The van der Waals surface area contributed by atoms with Crippen LogP contribution in [0.3, 0.4) is 0 Å². The molecule has 0 heterocycles. The Labute approximate surface area is 57.3 Å². The third-order valence-electron chi connectivity index (χ3n) is 1.59. The van der Waals surface area contributed by atoms with Gasteiger partial charge in [0.15, 0.2) is 0 Å². The van der Waals surface area contributed by atoms with Crippen LogP contribution in [0.25, 0.3) is 0 Å². The summed E-state index contributed by atoms with van der Waals surface area (Å²) in [7, 11) is 1.91. The van der Waals surface area contributed by atoms with Crippen LogP contribution >= 0.6 is 0 Å². The summed E-state index contributed by atoms with van der Waals surface area (Å²) in [5.74, 6) is 0. The van der Waals surface area contributed by atoms with Crippen LogP contribution in [-0.2, 0) is 0 Å². The van der Waals surface area contributed by atoms with Gasteiger partial charge >= 0.3 is 0 Å². The Kier molecular flexibility index (Phi) is 4.72. The van der Waals surface area contributed by atoms with Crippen LogP contribution in [-0.4, -0.2) is 24.3 Å². The van der Waals surface area contributed by atoms with Crippen molar-refractivity contribution in [1.29, 1.82) is 0 Å². The lowest BCUT2D eigenvalue weighted by atomic mass is 10.1. The summed E-state index contributed by atoms with van der Waals surface area (Å²) in [6, 6.07) is 0.431. The van der Waals surface area contributed by atoms with Crippen LogP contribution in [0.5, 0.6) is 0 Å². The largest absolute Gasteiger partial charge is 0.393 e. The zero-order valence-corrected chi connectivity index (χ0v) is 6.52. The van der Waals surface area contributed by atoms with Crippen molar-refractivity contribution in [2.75, 3.05) is 7.05 Å². The lowest BCUT2D eigenvalue weighted by Crippen LogP contribution is -2.26. The highest BCUT2D eigenvalue weighted by Gasteiger charge is 2.04. The third kappa shape index (κ3) is 4.43. The van der Waals surface area contributed by atoms with E-state index in [1.807, 2.05) is 14.0 Å². The first kappa shape index (κ1) is 8.92. The van der Waals surface area contributed by atoms with Gasteiger partial charge < -0.3 is 10.4 Å². The first-order valence-electron chi connectivity index (χ1n) is 3.56. The van der Waals surface area contributed by atoms with Crippen molar-refractivity contribution in [3.05, 3.63) is 0 Å². The van der Waals surface area contributed by atoms with Crippen LogP contribution < -0.4 is 5.32 Å². The zero-order valence-electron chi connectivity index (χ0n) is 6.52. The van der Waals surface area contributed by atoms with Gasteiger partial charge in [-0.3, -0.25) is 0 Å². The number of aliphatic hydroxyl groups is 1. The van der Waals surface area contributed by atoms with Crippen LogP contribution in [0.15, 0.2) is 0 Å². The number of hydrogen-bond donors (Lipinski definition) is 2. The summed E-state index contributed by atoms with van der Waals surface area (Å²) in [4.78, 5) is 0. The third-order valence-corrected chi connectivity index (χ3v) is 1.59. The summed E-state index contributed by atoms with van der Waals surface area (Å²) in [6.45, 7) is 4.06. The maximum absolute atomic E-state index is 9.12. The van der Waals surface area contributed by atoms with Gasteiger partial charge in [0.1, 0.15) is 0 Å². The maximum atomic E-state index is 9.12. The predicted molar refractivity (Wildman–Crippen MR) is 39.4 cm³/mol. The molecular weight excluding hydrogens is 114 g/mol. The van der Waals surface area contributed by atoms with Crippen LogP contribution in [0.4, 0.5) is 0 Å². The Morgan fingerprint density at radius 1 is 1.56 bits per heavy atom. The minimum absolute atomic E-state index is 0.132. The van der Waals surface area contributed by atoms with Crippen molar-refractivity contribution < 1.29 is 5.11 Å². The van der Waals surface area contributed by atoms with Crippen molar-refractivity contribution in [2.24, 2.45) is 0 Å². The lowest BCUT2D eigenvalue weighted by molar-refractivity contribution is 0.149. The molecule has 9 heavy (non-hydrogen) atoms. The molecular formula is C7H17NO. The van der Waals surface area contributed by atoms with Gasteiger partial charge in [0.05, 0.1) is 6.10 Å². The highest BCUT2D eigenvalue weighted by Crippen LogP contribution is 1.99. The quantitative estimate of drug-likeness (QED) is 0.590. The molecule has 2 nitrogen and oxygen atoms in total. The monoisotopic (exact) mass is 131 g/mol. The van der Waals surface area contributed by atoms with Crippen molar-refractivity contribution in [3.8, 4) is 0 Å². The average molecular weight is 131 g/mol. The Morgan fingerprint density at radius 2 is 2.11 bits per heavy atom. The Balaban J connectivity index is 3.22.